The van der Waals surface area contributed by atoms with Gasteiger partial charge in [0.05, 0.1) is 12.2 Å². The van der Waals surface area contributed by atoms with E-state index >= 15 is 0 Å². The Labute approximate surface area is 115 Å². The van der Waals surface area contributed by atoms with Crippen molar-refractivity contribution in [2.24, 2.45) is 5.92 Å². The highest BCUT2D eigenvalue weighted by molar-refractivity contribution is 5.97. The molecule has 4 nitrogen and oxygen atoms in total. The first-order valence-corrected chi connectivity index (χ1v) is 6.53. The van der Waals surface area contributed by atoms with Crippen molar-refractivity contribution in [2.75, 3.05) is 31.7 Å². The Morgan fingerprint density at radius 3 is 2.58 bits per heavy atom. The van der Waals surface area contributed by atoms with Gasteiger partial charge in [-0.25, -0.2) is 0 Å². The topological polar surface area (TPSA) is 49.8 Å². The third kappa shape index (κ3) is 4.56. The number of phenolic OH excluding ortho intramolecular Hbond substituents is 1. The molecule has 0 unspecified atom stereocenters. The summed E-state index contributed by atoms with van der Waals surface area (Å²) in [6.45, 7) is 8.00. The lowest BCUT2D eigenvalue weighted by molar-refractivity contribution is 0.101. The van der Waals surface area contributed by atoms with Crippen LogP contribution >= 0.6 is 0 Å². The molecule has 4 heteroatoms. The van der Waals surface area contributed by atoms with Crippen LogP contribution in [0.15, 0.2) is 18.2 Å². The van der Waals surface area contributed by atoms with E-state index in [-0.39, 0.29) is 11.5 Å². The fourth-order valence-electron chi connectivity index (χ4n) is 1.98. The zero-order valence-corrected chi connectivity index (χ0v) is 12.1. The maximum atomic E-state index is 11.3. The van der Waals surface area contributed by atoms with Crippen LogP contribution in [-0.4, -0.2) is 37.7 Å². The highest BCUT2D eigenvalue weighted by Crippen LogP contribution is 2.25. The van der Waals surface area contributed by atoms with Crippen LogP contribution in [0.1, 0.15) is 31.1 Å². The minimum absolute atomic E-state index is 0.0381. The molecule has 0 heterocycles. The molecule has 0 saturated carbocycles. The van der Waals surface area contributed by atoms with E-state index < -0.39 is 0 Å². The van der Waals surface area contributed by atoms with E-state index in [1.807, 2.05) is 6.07 Å². The Hall–Kier alpha value is -1.55. The minimum atomic E-state index is -0.128. The molecular weight excluding hydrogens is 242 g/mol. The fourth-order valence-corrected chi connectivity index (χ4v) is 1.98. The molecule has 0 spiro atoms. The predicted molar refractivity (Wildman–Crippen MR) is 77.0 cm³/mol. The molecule has 1 aromatic rings. The van der Waals surface area contributed by atoms with Crippen LogP contribution in [0.2, 0.25) is 0 Å². The zero-order chi connectivity index (χ0) is 14.4. The number of hydrogen-bond donors (Lipinski definition) is 1. The molecule has 19 heavy (non-hydrogen) atoms. The van der Waals surface area contributed by atoms with Crippen LogP contribution in [0.5, 0.6) is 5.75 Å². The first-order chi connectivity index (χ1) is 8.95. The average molecular weight is 265 g/mol. The molecular formula is C15H23NO3. The highest BCUT2D eigenvalue weighted by Gasteiger charge is 2.12. The fraction of sp³-hybridized carbons (Fsp3) is 0.533. The third-order valence-corrected chi connectivity index (χ3v) is 2.88. The predicted octanol–water partition coefficient (Wildman–Crippen LogP) is 2.70. The van der Waals surface area contributed by atoms with Gasteiger partial charge < -0.3 is 14.7 Å². The maximum Gasteiger partial charge on any atom is 0.163 e. The Bertz CT molecular complexity index is 429. The number of hydrogen-bond acceptors (Lipinski definition) is 4. The van der Waals surface area contributed by atoms with Gasteiger partial charge in [0.2, 0.25) is 0 Å². The molecule has 0 saturated heterocycles. The van der Waals surface area contributed by atoms with Crippen LogP contribution in [-0.2, 0) is 4.74 Å². The van der Waals surface area contributed by atoms with Crippen molar-refractivity contribution in [3.63, 3.8) is 0 Å². The summed E-state index contributed by atoms with van der Waals surface area (Å²) in [5, 5.41) is 9.89. The van der Waals surface area contributed by atoms with E-state index in [1.165, 1.54) is 6.92 Å². The molecule has 0 amide bonds. The summed E-state index contributed by atoms with van der Waals surface area (Å²) in [5.41, 5.74) is 1.27. The van der Waals surface area contributed by atoms with Crippen molar-refractivity contribution in [2.45, 2.75) is 20.8 Å². The number of Topliss-reactive ketones (excluding diaryl/α,β-unsaturated/α-hetero) is 1. The Morgan fingerprint density at radius 1 is 1.42 bits per heavy atom. The number of phenols is 1. The van der Waals surface area contributed by atoms with Gasteiger partial charge in [-0.3, -0.25) is 4.79 Å². The summed E-state index contributed by atoms with van der Waals surface area (Å²) >= 11 is 0. The van der Waals surface area contributed by atoms with Gasteiger partial charge in [0.15, 0.2) is 5.78 Å². The number of methoxy groups -OCH3 is 1. The smallest absolute Gasteiger partial charge is 0.163 e. The number of ketones is 1. The average Bonchev–Trinajstić information content (AvgIpc) is 2.33. The maximum absolute atomic E-state index is 11.3. The lowest BCUT2D eigenvalue weighted by atomic mass is 10.1. The summed E-state index contributed by atoms with van der Waals surface area (Å²) in [6, 6.07) is 5.19. The molecule has 0 aliphatic carbocycles. The second kappa shape index (κ2) is 7.14. The quantitative estimate of drug-likeness (QED) is 0.770. The van der Waals surface area contributed by atoms with E-state index in [1.54, 1.807) is 19.2 Å². The van der Waals surface area contributed by atoms with E-state index in [0.29, 0.717) is 18.1 Å². The van der Waals surface area contributed by atoms with E-state index in [4.69, 9.17) is 4.74 Å². The van der Waals surface area contributed by atoms with E-state index in [0.717, 1.165) is 18.8 Å². The van der Waals surface area contributed by atoms with Gasteiger partial charge in [0.1, 0.15) is 5.75 Å². The van der Waals surface area contributed by atoms with Crippen LogP contribution in [0.3, 0.4) is 0 Å². The van der Waals surface area contributed by atoms with Crippen LogP contribution in [0, 0.1) is 5.92 Å². The molecule has 0 radical (unpaired) electrons. The Morgan fingerprint density at radius 2 is 2.11 bits per heavy atom. The van der Waals surface area contributed by atoms with Crippen LogP contribution in [0.25, 0.3) is 0 Å². The van der Waals surface area contributed by atoms with Crippen molar-refractivity contribution in [1.29, 1.82) is 0 Å². The van der Waals surface area contributed by atoms with Crippen molar-refractivity contribution < 1.29 is 14.6 Å². The second-order valence-electron chi connectivity index (χ2n) is 5.09. The largest absolute Gasteiger partial charge is 0.507 e. The summed E-state index contributed by atoms with van der Waals surface area (Å²) in [6.07, 6.45) is 0. The number of aromatic hydroxyl groups is 1. The number of ether oxygens (including phenoxy) is 1. The van der Waals surface area contributed by atoms with Gasteiger partial charge in [-0.15, -0.1) is 0 Å². The van der Waals surface area contributed by atoms with Crippen molar-refractivity contribution >= 4 is 11.5 Å². The highest BCUT2D eigenvalue weighted by atomic mass is 16.5. The first-order valence-electron chi connectivity index (χ1n) is 6.53. The molecule has 1 rings (SSSR count). The van der Waals surface area contributed by atoms with Crippen molar-refractivity contribution in [3.8, 4) is 5.75 Å². The molecule has 0 aliphatic heterocycles. The van der Waals surface area contributed by atoms with E-state index in [9.17, 15) is 9.90 Å². The number of nitrogens with zero attached hydrogens (tertiary/aromatic N) is 1. The second-order valence-corrected chi connectivity index (χ2v) is 5.09. The molecule has 1 aromatic carbocycles. The molecule has 0 fully saturated rings. The number of anilines is 1. The zero-order valence-electron chi connectivity index (χ0n) is 12.1. The van der Waals surface area contributed by atoms with Gasteiger partial charge in [-0.05, 0) is 25.0 Å². The van der Waals surface area contributed by atoms with Gasteiger partial charge in [0, 0.05) is 32.0 Å². The number of rotatable bonds is 7. The number of benzene rings is 1. The van der Waals surface area contributed by atoms with Crippen LogP contribution < -0.4 is 4.90 Å². The van der Waals surface area contributed by atoms with Crippen molar-refractivity contribution in [1.82, 2.24) is 0 Å². The minimum Gasteiger partial charge on any atom is -0.507 e. The Balaban J connectivity index is 2.95. The molecule has 1 N–H and O–H groups in total. The van der Waals surface area contributed by atoms with Gasteiger partial charge in [-0.1, -0.05) is 13.8 Å². The lowest BCUT2D eigenvalue weighted by Gasteiger charge is -2.26. The number of carbonyl (C=O) groups is 1. The monoisotopic (exact) mass is 265 g/mol. The summed E-state index contributed by atoms with van der Waals surface area (Å²) in [5.74, 6) is 0.416. The molecule has 0 bridgehead atoms. The molecule has 0 atom stereocenters. The number of carbonyl (C=O) groups excluding carboxylic acids is 1. The molecule has 106 valence electrons. The van der Waals surface area contributed by atoms with Gasteiger partial charge in [0.25, 0.3) is 0 Å². The SMILES string of the molecule is COCCN(CC(C)C)c1ccc(C(C)=O)c(O)c1. The normalized spacial score (nSPS) is 10.8. The standard InChI is InChI=1S/C15H23NO3/c1-11(2)10-16(7-8-19-4)13-5-6-14(12(3)17)15(18)9-13/h5-6,9,11,18H,7-8,10H2,1-4H3. The van der Waals surface area contributed by atoms with E-state index in [2.05, 4.69) is 18.7 Å². The summed E-state index contributed by atoms with van der Waals surface area (Å²) in [7, 11) is 1.67. The first kappa shape index (κ1) is 15.5. The summed E-state index contributed by atoms with van der Waals surface area (Å²) in [4.78, 5) is 13.5. The molecule has 0 aliphatic rings. The third-order valence-electron chi connectivity index (χ3n) is 2.88. The Kier molecular flexibility index (Phi) is 5.83. The van der Waals surface area contributed by atoms with Gasteiger partial charge >= 0.3 is 0 Å². The lowest BCUT2D eigenvalue weighted by Crippen LogP contribution is -2.30. The summed E-state index contributed by atoms with van der Waals surface area (Å²) < 4.78 is 5.11. The van der Waals surface area contributed by atoms with Gasteiger partial charge in [-0.2, -0.15) is 0 Å². The van der Waals surface area contributed by atoms with Crippen molar-refractivity contribution in [3.05, 3.63) is 23.8 Å². The molecule has 0 aromatic heterocycles. The van der Waals surface area contributed by atoms with Crippen LogP contribution in [0.4, 0.5) is 5.69 Å².